The van der Waals surface area contributed by atoms with Crippen LogP contribution in [0.25, 0.3) is 0 Å². The summed E-state index contributed by atoms with van der Waals surface area (Å²) in [5.41, 5.74) is 0. The first kappa shape index (κ1) is 19.6. The number of halogens is 2. The van der Waals surface area contributed by atoms with Crippen LogP contribution in [0.3, 0.4) is 0 Å². The lowest BCUT2D eigenvalue weighted by Gasteiger charge is -2.15. The molecule has 2 unspecified atom stereocenters. The number of ether oxygens (including phenoxy) is 1. The van der Waals surface area contributed by atoms with Gasteiger partial charge < -0.3 is 14.9 Å². The molecule has 0 saturated carbocycles. The van der Waals surface area contributed by atoms with Crippen LogP contribution in [0.4, 0.5) is 0 Å². The molecule has 2 rings (SSSR count). The van der Waals surface area contributed by atoms with Gasteiger partial charge in [0.25, 0.3) is 0 Å². The number of hydrogen-bond donors (Lipinski definition) is 1. The minimum Gasteiger partial charge on any atom is -0.450 e. The Morgan fingerprint density at radius 1 is 1.40 bits per heavy atom. The second kappa shape index (κ2) is 8.61. The topological polar surface area (TPSA) is 128 Å². The van der Waals surface area contributed by atoms with E-state index >= 15 is 0 Å². The quantitative estimate of drug-likeness (QED) is 0.572. The third kappa shape index (κ3) is 5.66. The minimum atomic E-state index is -1.75. The van der Waals surface area contributed by atoms with Gasteiger partial charge in [-0.3, -0.25) is 18.6 Å². The van der Waals surface area contributed by atoms with Crippen molar-refractivity contribution in [3.8, 4) is 0 Å². The molecule has 2 saturated heterocycles. The SMILES string of the molecule is O=C(CS(=O)C=C(Cl)Cl)N[C@H]1CON(OC(=O)C2CCC(=O)O2)C1=O. The normalized spacial score (nSPS) is 23.8. The predicted molar refractivity (Wildman–Crippen MR) is 82.7 cm³/mol. The summed E-state index contributed by atoms with van der Waals surface area (Å²) in [7, 11) is -1.75. The monoisotopic (exact) mass is 414 g/mol. The molecule has 0 radical (unpaired) electrons. The molecule has 0 bridgehead atoms. The fraction of sp³-hybridized carbons (Fsp3) is 0.500. The van der Waals surface area contributed by atoms with Crippen LogP contribution in [0.15, 0.2) is 9.90 Å². The van der Waals surface area contributed by atoms with Crippen LogP contribution in [-0.2, 0) is 44.4 Å². The largest absolute Gasteiger partial charge is 0.450 e. The highest BCUT2D eigenvalue weighted by atomic mass is 35.5. The van der Waals surface area contributed by atoms with Gasteiger partial charge in [0, 0.05) is 18.2 Å². The fourth-order valence-electron chi connectivity index (χ4n) is 1.92. The van der Waals surface area contributed by atoms with Gasteiger partial charge in [0.2, 0.25) is 12.0 Å². The van der Waals surface area contributed by atoms with E-state index in [-0.39, 0.29) is 23.9 Å². The van der Waals surface area contributed by atoms with Crippen LogP contribution in [0.1, 0.15) is 12.8 Å². The van der Waals surface area contributed by atoms with Crippen molar-refractivity contribution in [3.63, 3.8) is 0 Å². The van der Waals surface area contributed by atoms with Crippen LogP contribution in [0, 0.1) is 0 Å². The summed E-state index contributed by atoms with van der Waals surface area (Å²) in [5, 5.41) is 3.55. The van der Waals surface area contributed by atoms with E-state index in [2.05, 4.69) is 5.32 Å². The van der Waals surface area contributed by atoms with Gasteiger partial charge in [-0.2, -0.15) is 0 Å². The van der Waals surface area contributed by atoms with Crippen molar-refractivity contribution < 1.29 is 37.8 Å². The molecule has 0 aromatic carbocycles. The lowest BCUT2D eigenvalue weighted by molar-refractivity contribution is -0.306. The van der Waals surface area contributed by atoms with Gasteiger partial charge in [-0.05, 0) is 5.23 Å². The second-order valence-electron chi connectivity index (χ2n) is 4.87. The number of nitrogens with one attached hydrogen (secondary N) is 1. The van der Waals surface area contributed by atoms with E-state index in [9.17, 15) is 23.4 Å². The minimum absolute atomic E-state index is 0.0746. The average Bonchev–Trinajstić information content (AvgIpc) is 3.07. The van der Waals surface area contributed by atoms with Crippen LogP contribution in [0.2, 0.25) is 0 Å². The fourth-order valence-corrected chi connectivity index (χ4v) is 3.14. The number of hydroxylamine groups is 2. The van der Waals surface area contributed by atoms with Crippen LogP contribution in [-0.4, -0.2) is 57.7 Å². The first-order valence-corrected chi connectivity index (χ1v) is 8.97. The van der Waals surface area contributed by atoms with Crippen molar-refractivity contribution in [2.24, 2.45) is 0 Å². The molecule has 13 heteroatoms. The molecular weight excluding hydrogens is 403 g/mol. The molecule has 0 aromatic heterocycles. The first-order valence-electron chi connectivity index (χ1n) is 6.84. The Bertz CT molecular complexity index is 651. The summed E-state index contributed by atoms with van der Waals surface area (Å²) in [4.78, 5) is 55.9. The first-order chi connectivity index (χ1) is 11.8. The Balaban J connectivity index is 1.81. The van der Waals surface area contributed by atoms with Crippen LogP contribution < -0.4 is 5.32 Å². The molecule has 1 N–H and O–H groups in total. The Morgan fingerprint density at radius 2 is 2.12 bits per heavy atom. The van der Waals surface area contributed by atoms with Gasteiger partial charge >= 0.3 is 17.8 Å². The maximum atomic E-state index is 12.0. The molecule has 0 aromatic rings. The molecule has 10 nitrogen and oxygen atoms in total. The Hall–Kier alpha value is -1.69. The lowest BCUT2D eigenvalue weighted by atomic mass is 10.2. The van der Waals surface area contributed by atoms with Crippen molar-refractivity contribution >= 4 is 57.8 Å². The summed E-state index contributed by atoms with van der Waals surface area (Å²) < 4.78 is 15.9. The van der Waals surface area contributed by atoms with E-state index in [1.54, 1.807) is 0 Å². The van der Waals surface area contributed by atoms with Crippen molar-refractivity contribution in [3.05, 3.63) is 9.90 Å². The van der Waals surface area contributed by atoms with Gasteiger partial charge in [0.15, 0.2) is 0 Å². The Kier molecular flexibility index (Phi) is 6.76. The number of esters is 1. The smallest absolute Gasteiger partial charge is 0.375 e. The van der Waals surface area contributed by atoms with E-state index in [1.807, 2.05) is 0 Å². The third-order valence-corrected chi connectivity index (χ3v) is 4.51. The van der Waals surface area contributed by atoms with Gasteiger partial charge in [0.1, 0.15) is 22.9 Å². The Morgan fingerprint density at radius 3 is 2.72 bits per heavy atom. The summed E-state index contributed by atoms with van der Waals surface area (Å²) in [6, 6.07) is -1.13. The summed E-state index contributed by atoms with van der Waals surface area (Å²) in [6.07, 6.45) is -0.889. The van der Waals surface area contributed by atoms with Crippen molar-refractivity contribution in [2.45, 2.75) is 25.0 Å². The molecule has 138 valence electrons. The van der Waals surface area contributed by atoms with Gasteiger partial charge in [0.05, 0.1) is 10.8 Å². The van der Waals surface area contributed by atoms with Crippen molar-refractivity contribution in [1.82, 2.24) is 10.5 Å². The number of cyclic esters (lactones) is 1. The summed E-state index contributed by atoms with van der Waals surface area (Å²) in [5.74, 6) is -3.54. The van der Waals surface area contributed by atoms with E-state index in [1.165, 1.54) is 0 Å². The molecule has 2 heterocycles. The second-order valence-corrected chi connectivity index (χ2v) is 7.17. The standard InChI is InChI=1S/C12H12Cl2N2O8S/c13-8(14)4-25(21)5-9(17)15-6-3-22-16(11(6)19)24-12(20)7-1-2-10(18)23-7/h4,6-7H,1-3,5H2,(H,15,17)/t6-,7?,25?/m0/s1. The van der Waals surface area contributed by atoms with Crippen LogP contribution in [0.5, 0.6) is 0 Å². The number of amides is 2. The van der Waals surface area contributed by atoms with Gasteiger partial charge in [-0.15, -0.1) is 0 Å². The third-order valence-electron chi connectivity index (χ3n) is 2.99. The Labute approximate surface area is 153 Å². The highest BCUT2D eigenvalue weighted by Crippen LogP contribution is 2.17. The zero-order valence-electron chi connectivity index (χ0n) is 12.4. The molecule has 0 aliphatic carbocycles. The molecular formula is C12H12Cl2N2O8S. The van der Waals surface area contributed by atoms with Crippen LogP contribution >= 0.6 is 23.2 Å². The molecule has 2 aliphatic heterocycles. The van der Waals surface area contributed by atoms with Crippen molar-refractivity contribution in [2.75, 3.05) is 12.4 Å². The number of carbonyl (C=O) groups excluding carboxylic acids is 4. The molecule has 0 spiro atoms. The predicted octanol–water partition coefficient (Wildman–Crippen LogP) is -0.566. The van der Waals surface area contributed by atoms with E-state index in [0.717, 1.165) is 5.41 Å². The number of rotatable bonds is 6. The maximum Gasteiger partial charge on any atom is 0.375 e. The maximum absolute atomic E-state index is 12.0. The van der Waals surface area contributed by atoms with E-state index < -0.39 is 52.5 Å². The lowest BCUT2D eigenvalue weighted by Crippen LogP contribution is -2.45. The van der Waals surface area contributed by atoms with Gasteiger partial charge in [-0.1, -0.05) is 23.2 Å². The molecule has 2 aliphatic rings. The number of carbonyl (C=O) groups is 4. The van der Waals surface area contributed by atoms with Gasteiger partial charge in [-0.25, -0.2) is 9.63 Å². The number of hydrogen-bond acceptors (Lipinski definition) is 8. The molecule has 3 atom stereocenters. The summed E-state index contributed by atoms with van der Waals surface area (Å²) in [6.45, 7) is -0.291. The highest BCUT2D eigenvalue weighted by molar-refractivity contribution is 7.88. The molecule has 25 heavy (non-hydrogen) atoms. The molecule has 2 amide bonds. The highest BCUT2D eigenvalue weighted by Gasteiger charge is 2.40. The number of nitrogens with zero attached hydrogens (tertiary/aromatic N) is 1. The zero-order valence-corrected chi connectivity index (χ0v) is 14.8. The van der Waals surface area contributed by atoms with E-state index in [4.69, 9.17) is 37.6 Å². The average molecular weight is 415 g/mol. The zero-order chi connectivity index (χ0) is 18.6. The van der Waals surface area contributed by atoms with Crippen molar-refractivity contribution in [1.29, 1.82) is 0 Å². The summed E-state index contributed by atoms with van der Waals surface area (Å²) >= 11 is 10.6. The van der Waals surface area contributed by atoms with E-state index in [0.29, 0.717) is 5.23 Å². The molecule has 2 fully saturated rings.